The highest BCUT2D eigenvalue weighted by Gasteiger charge is 2.08. The molecule has 0 unspecified atom stereocenters. The number of nitrogens with one attached hydrogen (secondary N) is 1. The minimum atomic E-state index is -0.294. The summed E-state index contributed by atoms with van der Waals surface area (Å²) in [6.07, 6.45) is 4.23. The Morgan fingerprint density at radius 2 is 2.10 bits per heavy atom. The predicted octanol–water partition coefficient (Wildman–Crippen LogP) is 2.60. The lowest BCUT2D eigenvalue weighted by Gasteiger charge is -2.18. The van der Waals surface area contributed by atoms with Crippen LogP contribution < -0.4 is 5.32 Å². The summed E-state index contributed by atoms with van der Waals surface area (Å²) >= 11 is 0. The molecular formula is C16H18FN3O. The van der Waals surface area contributed by atoms with Gasteiger partial charge in [-0.15, -0.1) is 0 Å². The summed E-state index contributed by atoms with van der Waals surface area (Å²) in [6, 6.07) is 9.91. The standard InChI is InChI=1S/C16H18FN3O/c1-20(12-14-4-2-6-15(17)10-14)16(21)19-9-7-13-5-3-8-18-11-13/h2-6,8,10-11H,7,9,12H2,1H3,(H,19,21). The summed E-state index contributed by atoms with van der Waals surface area (Å²) in [5.41, 5.74) is 1.84. The van der Waals surface area contributed by atoms with E-state index in [0.717, 1.165) is 17.5 Å². The third kappa shape index (κ3) is 4.87. The minimum absolute atomic E-state index is 0.178. The van der Waals surface area contributed by atoms with Gasteiger partial charge in [0.05, 0.1) is 0 Å². The monoisotopic (exact) mass is 287 g/mol. The fraction of sp³-hybridized carbons (Fsp3) is 0.250. The van der Waals surface area contributed by atoms with Crippen LogP contribution in [0.25, 0.3) is 0 Å². The third-order valence-electron chi connectivity index (χ3n) is 3.07. The molecule has 0 fully saturated rings. The van der Waals surface area contributed by atoms with E-state index in [9.17, 15) is 9.18 Å². The molecule has 110 valence electrons. The van der Waals surface area contributed by atoms with Crippen molar-refractivity contribution in [3.8, 4) is 0 Å². The zero-order chi connectivity index (χ0) is 15.1. The lowest BCUT2D eigenvalue weighted by Crippen LogP contribution is -2.37. The van der Waals surface area contributed by atoms with Crippen molar-refractivity contribution in [2.24, 2.45) is 0 Å². The van der Waals surface area contributed by atoms with Crippen LogP contribution in [0.15, 0.2) is 48.8 Å². The third-order valence-corrected chi connectivity index (χ3v) is 3.07. The first-order valence-corrected chi connectivity index (χ1v) is 6.77. The van der Waals surface area contributed by atoms with Crippen molar-refractivity contribution in [3.05, 3.63) is 65.7 Å². The molecule has 1 N–H and O–H groups in total. The fourth-order valence-corrected chi connectivity index (χ4v) is 1.98. The SMILES string of the molecule is CN(Cc1cccc(F)c1)C(=O)NCCc1cccnc1. The summed E-state index contributed by atoms with van der Waals surface area (Å²) in [4.78, 5) is 17.5. The largest absolute Gasteiger partial charge is 0.338 e. The summed E-state index contributed by atoms with van der Waals surface area (Å²) in [5, 5.41) is 2.83. The molecule has 0 radical (unpaired) electrons. The molecule has 0 aliphatic carbocycles. The van der Waals surface area contributed by atoms with Crippen LogP contribution in [-0.4, -0.2) is 29.5 Å². The van der Waals surface area contributed by atoms with Gasteiger partial charge in [0, 0.05) is 32.5 Å². The summed E-state index contributed by atoms with van der Waals surface area (Å²) < 4.78 is 13.1. The van der Waals surface area contributed by atoms with Gasteiger partial charge in [-0.3, -0.25) is 4.98 Å². The maximum Gasteiger partial charge on any atom is 0.317 e. The Bertz CT molecular complexity index is 589. The molecule has 4 nitrogen and oxygen atoms in total. The van der Waals surface area contributed by atoms with Crippen LogP contribution in [0, 0.1) is 5.82 Å². The number of hydrogen-bond acceptors (Lipinski definition) is 2. The van der Waals surface area contributed by atoms with Gasteiger partial charge < -0.3 is 10.2 Å². The van der Waals surface area contributed by atoms with Crippen LogP contribution in [-0.2, 0) is 13.0 Å². The Kier molecular flexibility index (Phi) is 5.26. The second-order valence-electron chi connectivity index (χ2n) is 4.83. The summed E-state index contributed by atoms with van der Waals surface area (Å²) in [5.74, 6) is -0.294. The molecule has 2 aromatic rings. The zero-order valence-corrected chi connectivity index (χ0v) is 11.9. The molecule has 0 aliphatic heterocycles. The molecule has 5 heteroatoms. The Labute approximate surface area is 123 Å². The molecule has 21 heavy (non-hydrogen) atoms. The van der Waals surface area contributed by atoms with E-state index in [2.05, 4.69) is 10.3 Å². The maximum absolute atomic E-state index is 13.1. The number of amides is 2. The van der Waals surface area contributed by atoms with Crippen molar-refractivity contribution in [2.45, 2.75) is 13.0 Å². The van der Waals surface area contributed by atoms with Crippen molar-refractivity contribution in [3.63, 3.8) is 0 Å². The van der Waals surface area contributed by atoms with Crippen LogP contribution >= 0.6 is 0 Å². The van der Waals surface area contributed by atoms with Gasteiger partial charge in [0.2, 0.25) is 0 Å². The van der Waals surface area contributed by atoms with E-state index in [1.54, 1.807) is 31.6 Å². The second-order valence-corrected chi connectivity index (χ2v) is 4.83. The number of carbonyl (C=O) groups excluding carboxylic acids is 1. The van der Waals surface area contributed by atoms with Crippen LogP contribution in [0.3, 0.4) is 0 Å². The zero-order valence-electron chi connectivity index (χ0n) is 11.9. The van der Waals surface area contributed by atoms with Crippen molar-refractivity contribution in [2.75, 3.05) is 13.6 Å². The number of pyridine rings is 1. The number of benzene rings is 1. The molecule has 1 aromatic carbocycles. The van der Waals surface area contributed by atoms with Crippen molar-refractivity contribution in [1.82, 2.24) is 15.2 Å². The molecule has 0 saturated carbocycles. The van der Waals surface area contributed by atoms with E-state index in [-0.39, 0.29) is 11.8 Å². The van der Waals surface area contributed by atoms with Crippen molar-refractivity contribution < 1.29 is 9.18 Å². The van der Waals surface area contributed by atoms with Crippen molar-refractivity contribution in [1.29, 1.82) is 0 Å². The van der Waals surface area contributed by atoms with Crippen molar-refractivity contribution >= 4 is 6.03 Å². The van der Waals surface area contributed by atoms with E-state index >= 15 is 0 Å². The van der Waals surface area contributed by atoms with E-state index in [1.165, 1.54) is 17.0 Å². The van der Waals surface area contributed by atoms with E-state index < -0.39 is 0 Å². The van der Waals surface area contributed by atoms with Gasteiger partial charge in [0.15, 0.2) is 0 Å². The smallest absolute Gasteiger partial charge is 0.317 e. The predicted molar refractivity (Wildman–Crippen MR) is 79.2 cm³/mol. The molecule has 1 heterocycles. The van der Waals surface area contributed by atoms with Gasteiger partial charge in [-0.1, -0.05) is 18.2 Å². The highest BCUT2D eigenvalue weighted by Crippen LogP contribution is 2.06. The summed E-state index contributed by atoms with van der Waals surface area (Å²) in [7, 11) is 1.68. The number of hydrogen-bond donors (Lipinski definition) is 1. The highest BCUT2D eigenvalue weighted by atomic mass is 19.1. The highest BCUT2D eigenvalue weighted by molar-refractivity contribution is 5.73. The van der Waals surface area contributed by atoms with Crippen LogP contribution in [0.2, 0.25) is 0 Å². The van der Waals surface area contributed by atoms with Gasteiger partial charge in [0.25, 0.3) is 0 Å². The molecule has 2 rings (SSSR count). The summed E-state index contributed by atoms with van der Waals surface area (Å²) in [6.45, 7) is 0.911. The van der Waals surface area contributed by atoms with Gasteiger partial charge in [-0.05, 0) is 35.7 Å². The average Bonchev–Trinajstić information content (AvgIpc) is 2.48. The van der Waals surface area contributed by atoms with Gasteiger partial charge in [-0.25, -0.2) is 9.18 Å². The molecule has 0 atom stereocenters. The normalized spacial score (nSPS) is 10.2. The minimum Gasteiger partial charge on any atom is -0.338 e. The Morgan fingerprint density at radius 3 is 2.81 bits per heavy atom. The molecule has 0 bridgehead atoms. The van der Waals surface area contributed by atoms with E-state index in [0.29, 0.717) is 13.1 Å². The number of halogens is 1. The molecule has 0 spiro atoms. The van der Waals surface area contributed by atoms with Crippen LogP contribution in [0.4, 0.5) is 9.18 Å². The Morgan fingerprint density at radius 1 is 1.29 bits per heavy atom. The first-order chi connectivity index (χ1) is 10.1. The molecule has 1 aromatic heterocycles. The van der Waals surface area contributed by atoms with E-state index in [4.69, 9.17) is 0 Å². The average molecular weight is 287 g/mol. The quantitative estimate of drug-likeness (QED) is 0.918. The Balaban J connectivity index is 1.77. The first kappa shape index (κ1) is 15.0. The van der Waals surface area contributed by atoms with Crippen LogP contribution in [0.5, 0.6) is 0 Å². The fourth-order valence-electron chi connectivity index (χ4n) is 1.98. The number of aromatic nitrogens is 1. The second kappa shape index (κ2) is 7.38. The number of carbonyl (C=O) groups is 1. The van der Waals surface area contributed by atoms with Gasteiger partial charge in [0.1, 0.15) is 5.82 Å². The van der Waals surface area contributed by atoms with Gasteiger partial charge >= 0.3 is 6.03 Å². The topological polar surface area (TPSA) is 45.2 Å². The molecular weight excluding hydrogens is 269 g/mol. The van der Waals surface area contributed by atoms with Gasteiger partial charge in [-0.2, -0.15) is 0 Å². The Hall–Kier alpha value is -2.43. The first-order valence-electron chi connectivity index (χ1n) is 6.77. The van der Waals surface area contributed by atoms with E-state index in [1.807, 2.05) is 12.1 Å². The number of nitrogens with zero attached hydrogens (tertiary/aromatic N) is 2. The molecule has 0 saturated heterocycles. The lowest BCUT2D eigenvalue weighted by molar-refractivity contribution is 0.207. The lowest BCUT2D eigenvalue weighted by atomic mass is 10.2. The van der Waals surface area contributed by atoms with Crippen LogP contribution in [0.1, 0.15) is 11.1 Å². The maximum atomic E-state index is 13.1. The molecule has 2 amide bonds. The number of rotatable bonds is 5. The molecule has 0 aliphatic rings. The number of urea groups is 1.